The molecule has 0 spiro atoms. The van der Waals surface area contributed by atoms with Gasteiger partial charge in [0.05, 0.1) is 0 Å². The molecule has 0 aromatic heterocycles. The van der Waals surface area contributed by atoms with Crippen LogP contribution >= 0.6 is 7.92 Å². The number of hydrogen-bond donors (Lipinski definition) is 0. The van der Waals surface area contributed by atoms with Crippen molar-refractivity contribution < 1.29 is 51.0 Å². The average molecular weight is 541 g/mol. The molecule has 30 heavy (non-hydrogen) atoms. The third kappa shape index (κ3) is 7.66. The molecular formula is C26H35Cl2PZr. The zero-order chi connectivity index (χ0) is 19.7. The predicted octanol–water partition coefficient (Wildman–Crippen LogP) is 1.61. The molecule has 0 aliphatic heterocycles. The zero-order valence-corrected chi connectivity index (χ0v) is 24.0. The molecule has 2 aliphatic carbocycles. The molecule has 0 saturated heterocycles. The van der Waals surface area contributed by atoms with Crippen LogP contribution in [0.25, 0.3) is 10.8 Å². The minimum atomic E-state index is -0.185. The Hall–Kier alpha value is 0.203. The zero-order valence-electron chi connectivity index (χ0n) is 19.1. The van der Waals surface area contributed by atoms with Crippen LogP contribution in [-0.2, 0) is 26.2 Å². The van der Waals surface area contributed by atoms with Gasteiger partial charge in [0.2, 0.25) is 0 Å². The molecule has 1 fully saturated rings. The maximum absolute atomic E-state index is 2.42. The van der Waals surface area contributed by atoms with Crippen molar-refractivity contribution in [3.8, 4) is 0 Å². The van der Waals surface area contributed by atoms with E-state index in [1.165, 1.54) is 23.6 Å². The van der Waals surface area contributed by atoms with Gasteiger partial charge in [-0.3, -0.25) is 0 Å². The van der Waals surface area contributed by atoms with Crippen LogP contribution in [0.1, 0.15) is 54.4 Å². The van der Waals surface area contributed by atoms with E-state index < -0.39 is 0 Å². The molecule has 0 bridgehead atoms. The van der Waals surface area contributed by atoms with E-state index in [0.717, 1.165) is 11.8 Å². The Morgan fingerprint density at radius 3 is 2.07 bits per heavy atom. The second-order valence-corrected chi connectivity index (χ2v) is 13.7. The Morgan fingerprint density at radius 1 is 0.900 bits per heavy atom. The fraction of sp³-hybridized carbons (Fsp3) is 0.462. The SMILES string of the molecule is C1=CC2[CH-]CCC2C=C1.CC(C)(C)P(c1cc2ccccc2[cH-]1)C(C)(C)C.[Cl-].[Cl-].[Zr+4]. The minimum Gasteiger partial charge on any atom is -1.00 e. The molecule has 0 amide bonds. The summed E-state index contributed by atoms with van der Waals surface area (Å²) in [6.45, 7) is 14.3. The Balaban J connectivity index is 0.000000597. The normalized spacial score (nSPS) is 19.8. The second kappa shape index (κ2) is 12.4. The predicted molar refractivity (Wildman–Crippen MR) is 124 cm³/mol. The molecule has 2 aromatic rings. The molecule has 2 aliphatic rings. The van der Waals surface area contributed by atoms with Crippen molar-refractivity contribution >= 4 is 24.0 Å². The molecule has 0 heterocycles. The van der Waals surface area contributed by atoms with Gasteiger partial charge in [-0.05, 0) is 16.2 Å². The monoisotopic (exact) mass is 538 g/mol. The summed E-state index contributed by atoms with van der Waals surface area (Å²) in [7, 11) is -0.185. The van der Waals surface area contributed by atoms with Gasteiger partial charge in [-0.1, -0.05) is 80.2 Å². The number of hydrogen-bond acceptors (Lipinski definition) is 0. The van der Waals surface area contributed by atoms with Crippen molar-refractivity contribution in [3.05, 3.63) is 67.1 Å². The van der Waals surface area contributed by atoms with Crippen molar-refractivity contribution in [2.45, 2.75) is 64.7 Å². The van der Waals surface area contributed by atoms with Crippen LogP contribution < -0.4 is 30.1 Å². The van der Waals surface area contributed by atoms with Gasteiger partial charge < -0.3 is 31.2 Å². The first-order chi connectivity index (χ1) is 12.7. The number of rotatable bonds is 1. The van der Waals surface area contributed by atoms with Gasteiger partial charge in [0.15, 0.2) is 0 Å². The number of halogens is 2. The van der Waals surface area contributed by atoms with Gasteiger partial charge in [-0.25, -0.2) is 0 Å². The second-order valence-electron chi connectivity index (χ2n) is 9.84. The van der Waals surface area contributed by atoms with Crippen molar-refractivity contribution in [1.82, 2.24) is 0 Å². The maximum atomic E-state index is 2.42. The van der Waals surface area contributed by atoms with E-state index in [4.69, 9.17) is 0 Å². The molecule has 4 rings (SSSR count). The molecule has 162 valence electrons. The number of allylic oxidation sites excluding steroid dienone is 4. The summed E-state index contributed by atoms with van der Waals surface area (Å²) in [4.78, 5) is 0. The van der Waals surface area contributed by atoms with Crippen LogP contribution in [0.15, 0.2) is 60.7 Å². The van der Waals surface area contributed by atoms with E-state index in [-0.39, 0.29) is 58.9 Å². The van der Waals surface area contributed by atoms with Gasteiger partial charge in [-0.15, -0.1) is 52.3 Å². The summed E-state index contributed by atoms with van der Waals surface area (Å²) in [6.07, 6.45) is 14.1. The van der Waals surface area contributed by atoms with Crippen LogP contribution in [0.2, 0.25) is 0 Å². The van der Waals surface area contributed by atoms with Gasteiger partial charge in [0.25, 0.3) is 0 Å². The Kier molecular flexibility index (Phi) is 12.5. The molecule has 0 N–H and O–H groups in total. The minimum absolute atomic E-state index is 0. The van der Waals surface area contributed by atoms with E-state index in [1.54, 1.807) is 5.30 Å². The summed E-state index contributed by atoms with van der Waals surface area (Å²) >= 11 is 0. The van der Waals surface area contributed by atoms with E-state index >= 15 is 0 Å². The van der Waals surface area contributed by atoms with E-state index in [2.05, 4.69) is 109 Å². The summed E-state index contributed by atoms with van der Waals surface area (Å²) in [6, 6.07) is 13.5. The molecule has 2 atom stereocenters. The van der Waals surface area contributed by atoms with E-state index in [1.807, 2.05) is 0 Å². The first-order valence-corrected chi connectivity index (χ1v) is 11.6. The summed E-state index contributed by atoms with van der Waals surface area (Å²) in [5.74, 6) is 1.62. The van der Waals surface area contributed by atoms with Crippen molar-refractivity contribution in [2.24, 2.45) is 11.8 Å². The summed E-state index contributed by atoms with van der Waals surface area (Å²) in [5.41, 5.74) is 0. The van der Waals surface area contributed by atoms with Gasteiger partial charge in [-0.2, -0.15) is 12.5 Å². The first-order valence-electron chi connectivity index (χ1n) is 10.3. The quantitative estimate of drug-likeness (QED) is 0.381. The molecule has 0 radical (unpaired) electrons. The average Bonchev–Trinajstić information content (AvgIpc) is 3.18. The molecule has 1 saturated carbocycles. The van der Waals surface area contributed by atoms with Crippen molar-refractivity contribution in [2.75, 3.05) is 0 Å². The fourth-order valence-electron chi connectivity index (χ4n) is 4.74. The molecule has 0 nitrogen and oxygen atoms in total. The third-order valence-corrected chi connectivity index (χ3v) is 8.90. The standard InChI is InChI=1S/C17H24P.C9H11.2ClH.Zr/c1-16(2,3)18(17(4,5)6)15-11-13-9-7-8-10-14(13)12-15;1-2-5-9-7-3-6-8(9)4-1;;;/h7-12H,1-6H3;1-2,4-6,8-9H,3,7H2;2*1H;/q2*-1;;;+4/p-2. The van der Waals surface area contributed by atoms with Gasteiger partial charge >= 0.3 is 26.2 Å². The van der Waals surface area contributed by atoms with Crippen molar-refractivity contribution in [1.29, 1.82) is 0 Å². The van der Waals surface area contributed by atoms with Gasteiger partial charge in [0.1, 0.15) is 0 Å². The number of benzene rings is 1. The Labute approximate surface area is 217 Å². The third-order valence-electron chi connectivity index (χ3n) is 5.44. The first kappa shape index (κ1) is 30.2. The van der Waals surface area contributed by atoms with Crippen LogP contribution in [0.5, 0.6) is 0 Å². The summed E-state index contributed by atoms with van der Waals surface area (Å²) in [5, 5.41) is 5.00. The largest absolute Gasteiger partial charge is 4.00 e. The van der Waals surface area contributed by atoms with Crippen LogP contribution in [0, 0.1) is 18.3 Å². The molecular weight excluding hydrogens is 505 g/mol. The maximum Gasteiger partial charge on any atom is 4.00 e. The van der Waals surface area contributed by atoms with Crippen LogP contribution in [0.3, 0.4) is 0 Å². The van der Waals surface area contributed by atoms with Crippen LogP contribution in [-0.4, -0.2) is 10.3 Å². The molecule has 4 heteroatoms. The van der Waals surface area contributed by atoms with E-state index in [0.29, 0.717) is 10.3 Å². The Bertz CT molecular complexity index is 758. The van der Waals surface area contributed by atoms with Crippen LogP contribution in [0.4, 0.5) is 0 Å². The number of fused-ring (bicyclic) bond motifs is 2. The Morgan fingerprint density at radius 2 is 1.50 bits per heavy atom. The topological polar surface area (TPSA) is 0 Å². The molecule has 2 aromatic carbocycles. The fourth-order valence-corrected chi connectivity index (χ4v) is 8.84. The van der Waals surface area contributed by atoms with E-state index in [9.17, 15) is 0 Å². The molecule has 2 unspecified atom stereocenters. The smallest absolute Gasteiger partial charge is 1.00 e. The van der Waals surface area contributed by atoms with Gasteiger partial charge in [0, 0.05) is 0 Å². The van der Waals surface area contributed by atoms with Crippen molar-refractivity contribution in [3.63, 3.8) is 0 Å². The summed E-state index contributed by atoms with van der Waals surface area (Å²) < 4.78 is 0.